The van der Waals surface area contributed by atoms with Gasteiger partial charge in [-0.25, -0.2) is 0 Å². The normalized spacial score (nSPS) is 21.7. The molecule has 0 saturated carbocycles. The maximum Gasteiger partial charge on any atom is 0.416 e. The minimum Gasteiger partial charge on any atom is -0.370 e. The maximum absolute atomic E-state index is 13.0. The summed E-state index contributed by atoms with van der Waals surface area (Å²) < 4.78 is 39.1. The Hall–Kier alpha value is -1.23. The second-order valence-corrected chi connectivity index (χ2v) is 7.17. The van der Waals surface area contributed by atoms with Gasteiger partial charge in [-0.15, -0.1) is 0 Å². The van der Waals surface area contributed by atoms with Crippen molar-refractivity contribution in [1.82, 2.24) is 4.90 Å². The van der Waals surface area contributed by atoms with Gasteiger partial charge in [0, 0.05) is 36.8 Å². The Morgan fingerprint density at radius 3 is 2.36 bits per heavy atom. The van der Waals surface area contributed by atoms with Crippen LogP contribution >= 0.6 is 0 Å². The maximum atomic E-state index is 13.0. The number of benzene rings is 1. The highest BCUT2D eigenvalue weighted by molar-refractivity contribution is 5.54. The van der Waals surface area contributed by atoms with Crippen LogP contribution in [-0.2, 0) is 6.18 Å². The molecule has 1 aromatic rings. The van der Waals surface area contributed by atoms with Crippen LogP contribution in [0.1, 0.15) is 31.4 Å². The van der Waals surface area contributed by atoms with Crippen LogP contribution in [0, 0.1) is 12.3 Å². The summed E-state index contributed by atoms with van der Waals surface area (Å²) in [4.78, 5) is 4.55. The van der Waals surface area contributed by atoms with Crippen molar-refractivity contribution in [3.05, 3.63) is 29.3 Å². The molecule has 0 aromatic heterocycles. The van der Waals surface area contributed by atoms with E-state index in [0.29, 0.717) is 17.3 Å². The molecule has 2 nitrogen and oxygen atoms in total. The third kappa shape index (κ3) is 2.71. The van der Waals surface area contributed by atoms with Crippen LogP contribution in [0.25, 0.3) is 0 Å². The van der Waals surface area contributed by atoms with Crippen LogP contribution in [-0.4, -0.2) is 37.1 Å². The molecule has 5 heteroatoms. The third-order valence-corrected chi connectivity index (χ3v) is 5.14. The number of likely N-dealkylation sites (tertiary alicyclic amines) is 1. The number of nitrogens with zero attached hydrogens (tertiary/aromatic N) is 2. The van der Waals surface area contributed by atoms with Crippen LogP contribution in [0.4, 0.5) is 18.9 Å². The molecule has 0 aliphatic carbocycles. The predicted molar refractivity (Wildman–Crippen MR) is 82.2 cm³/mol. The summed E-state index contributed by atoms with van der Waals surface area (Å²) in [5, 5.41) is 0. The fourth-order valence-electron chi connectivity index (χ4n) is 3.73. The number of hydrogen-bond donors (Lipinski definition) is 0. The summed E-state index contributed by atoms with van der Waals surface area (Å²) in [5.74, 6) is 0. The molecule has 2 heterocycles. The molecule has 0 atom stereocenters. The molecule has 2 aliphatic heterocycles. The summed E-state index contributed by atoms with van der Waals surface area (Å²) in [7, 11) is 0. The molecule has 2 fully saturated rings. The van der Waals surface area contributed by atoms with Gasteiger partial charge in [0.25, 0.3) is 0 Å². The van der Waals surface area contributed by atoms with Gasteiger partial charge in [-0.2, -0.15) is 13.2 Å². The van der Waals surface area contributed by atoms with E-state index in [2.05, 4.69) is 23.6 Å². The fraction of sp³-hybridized carbons (Fsp3) is 0.647. The van der Waals surface area contributed by atoms with Gasteiger partial charge < -0.3 is 9.80 Å². The van der Waals surface area contributed by atoms with Crippen molar-refractivity contribution in [3.8, 4) is 0 Å². The van der Waals surface area contributed by atoms with E-state index < -0.39 is 11.7 Å². The third-order valence-electron chi connectivity index (χ3n) is 5.14. The van der Waals surface area contributed by atoms with E-state index in [1.165, 1.54) is 13.0 Å². The van der Waals surface area contributed by atoms with Gasteiger partial charge in [-0.1, -0.05) is 6.07 Å². The lowest BCUT2D eigenvalue weighted by Crippen LogP contribution is -2.58. The van der Waals surface area contributed by atoms with Crippen LogP contribution in [0.5, 0.6) is 0 Å². The zero-order valence-electron chi connectivity index (χ0n) is 13.4. The second kappa shape index (κ2) is 5.15. The van der Waals surface area contributed by atoms with E-state index in [4.69, 9.17) is 0 Å². The van der Waals surface area contributed by atoms with Gasteiger partial charge in [-0.05, 0) is 51.4 Å². The summed E-state index contributed by atoms with van der Waals surface area (Å²) in [6, 6.07) is 5.24. The van der Waals surface area contributed by atoms with Gasteiger partial charge in [0.05, 0.1) is 5.56 Å². The topological polar surface area (TPSA) is 6.48 Å². The van der Waals surface area contributed by atoms with Crippen molar-refractivity contribution in [2.24, 2.45) is 5.41 Å². The highest BCUT2D eigenvalue weighted by atomic mass is 19.4. The molecule has 1 aromatic carbocycles. The van der Waals surface area contributed by atoms with E-state index in [1.54, 1.807) is 6.07 Å². The smallest absolute Gasteiger partial charge is 0.370 e. The number of aryl methyl sites for hydroxylation is 1. The lowest BCUT2D eigenvalue weighted by molar-refractivity contribution is -0.138. The Balaban J connectivity index is 1.71. The molecular formula is C17H23F3N2. The van der Waals surface area contributed by atoms with E-state index >= 15 is 0 Å². The summed E-state index contributed by atoms with van der Waals surface area (Å²) >= 11 is 0. The average Bonchev–Trinajstić information content (AvgIpc) is 2.82. The summed E-state index contributed by atoms with van der Waals surface area (Å²) in [5.41, 5.74) is 0.763. The molecule has 0 bridgehead atoms. The minimum atomic E-state index is -4.27. The molecule has 2 aliphatic rings. The first-order valence-electron chi connectivity index (χ1n) is 7.87. The molecule has 22 heavy (non-hydrogen) atoms. The molecule has 0 amide bonds. The zero-order chi connectivity index (χ0) is 16.1. The van der Waals surface area contributed by atoms with Crippen LogP contribution in [0.3, 0.4) is 0 Å². The highest BCUT2D eigenvalue weighted by Crippen LogP contribution is 2.43. The van der Waals surface area contributed by atoms with Gasteiger partial charge in [0.2, 0.25) is 0 Å². The zero-order valence-corrected chi connectivity index (χ0v) is 13.4. The lowest BCUT2D eigenvalue weighted by atomic mass is 9.78. The highest BCUT2D eigenvalue weighted by Gasteiger charge is 2.48. The molecule has 3 rings (SSSR count). The van der Waals surface area contributed by atoms with Crippen molar-refractivity contribution in [1.29, 1.82) is 0 Å². The first-order chi connectivity index (χ1) is 10.2. The number of alkyl halides is 3. The largest absolute Gasteiger partial charge is 0.416 e. The van der Waals surface area contributed by atoms with Crippen LogP contribution in [0.15, 0.2) is 18.2 Å². The molecule has 2 saturated heterocycles. The van der Waals surface area contributed by atoms with Crippen LogP contribution in [0.2, 0.25) is 0 Å². The quantitative estimate of drug-likeness (QED) is 0.816. The second-order valence-electron chi connectivity index (χ2n) is 7.17. The Bertz CT molecular complexity index is 560. The van der Waals surface area contributed by atoms with E-state index in [0.717, 1.165) is 32.6 Å². The fourth-order valence-corrected chi connectivity index (χ4v) is 3.73. The standard InChI is InChI=1S/C17H23F3N2/c1-12(2)21-7-6-16(9-21)10-22(11-16)14-5-4-13(3)15(8-14)17(18,19)20/h4-5,8,12H,6-7,9-11H2,1-3H3. The Morgan fingerprint density at radius 2 is 1.82 bits per heavy atom. The van der Waals surface area contributed by atoms with Crippen molar-refractivity contribution in [2.75, 3.05) is 31.1 Å². The Kier molecular flexibility index (Phi) is 3.67. The molecular weight excluding hydrogens is 289 g/mol. The average molecular weight is 312 g/mol. The first-order valence-corrected chi connectivity index (χ1v) is 7.87. The van der Waals surface area contributed by atoms with Crippen molar-refractivity contribution >= 4 is 5.69 Å². The molecule has 0 N–H and O–H groups in total. The monoisotopic (exact) mass is 312 g/mol. The number of rotatable bonds is 2. The van der Waals surface area contributed by atoms with Gasteiger partial charge in [0.15, 0.2) is 0 Å². The predicted octanol–water partition coefficient (Wildman–Crippen LogP) is 3.93. The molecule has 1 spiro atoms. The summed E-state index contributed by atoms with van der Waals surface area (Å²) in [6.45, 7) is 9.83. The number of halogens is 3. The van der Waals surface area contributed by atoms with Crippen molar-refractivity contribution in [3.63, 3.8) is 0 Å². The van der Waals surface area contributed by atoms with Gasteiger partial charge >= 0.3 is 6.18 Å². The minimum absolute atomic E-state index is 0.285. The SMILES string of the molecule is Cc1ccc(N2CC3(CCN(C(C)C)C3)C2)cc1C(F)(F)F. The molecule has 0 radical (unpaired) electrons. The molecule has 122 valence electrons. The van der Waals surface area contributed by atoms with Gasteiger partial charge in [0.1, 0.15) is 0 Å². The van der Waals surface area contributed by atoms with Crippen molar-refractivity contribution in [2.45, 2.75) is 39.4 Å². The van der Waals surface area contributed by atoms with E-state index in [1.807, 2.05) is 6.07 Å². The van der Waals surface area contributed by atoms with Crippen molar-refractivity contribution < 1.29 is 13.2 Å². The van der Waals surface area contributed by atoms with E-state index in [-0.39, 0.29) is 5.41 Å². The summed E-state index contributed by atoms with van der Waals surface area (Å²) in [6.07, 6.45) is -3.12. The lowest BCUT2D eigenvalue weighted by Gasteiger charge is -2.50. The van der Waals surface area contributed by atoms with Gasteiger partial charge in [-0.3, -0.25) is 0 Å². The Labute approximate surface area is 129 Å². The first kappa shape index (κ1) is 15.7. The van der Waals surface area contributed by atoms with E-state index in [9.17, 15) is 13.2 Å². The number of anilines is 1. The van der Waals surface area contributed by atoms with Crippen LogP contribution < -0.4 is 4.90 Å². The Morgan fingerprint density at radius 1 is 1.14 bits per heavy atom. The number of hydrogen-bond acceptors (Lipinski definition) is 2. The molecule has 0 unspecified atom stereocenters.